The predicted octanol–water partition coefficient (Wildman–Crippen LogP) is 3.46. The molecule has 1 unspecified atom stereocenters. The second-order valence-electron chi connectivity index (χ2n) is 7.09. The van der Waals surface area contributed by atoms with Crippen molar-refractivity contribution in [3.63, 3.8) is 0 Å². The van der Waals surface area contributed by atoms with E-state index in [1.165, 1.54) is 0 Å². The third-order valence-corrected chi connectivity index (χ3v) is 4.97. The number of aliphatic hydroxyl groups excluding tert-OH is 1. The van der Waals surface area contributed by atoms with Gasteiger partial charge in [-0.25, -0.2) is 0 Å². The molecular weight excluding hydrogens is 324 g/mol. The average Bonchev–Trinajstić information content (AvgIpc) is 2.93. The number of hydrogen-bond acceptors (Lipinski definition) is 6. The quantitative estimate of drug-likeness (QED) is 0.730. The van der Waals surface area contributed by atoms with E-state index in [1.54, 1.807) is 7.11 Å². The zero-order valence-electron chi connectivity index (χ0n) is 17.3. The summed E-state index contributed by atoms with van der Waals surface area (Å²) in [5.41, 5.74) is 0. The van der Waals surface area contributed by atoms with Crippen LogP contribution in [0.15, 0.2) is 0 Å². The van der Waals surface area contributed by atoms with Crippen molar-refractivity contribution in [3.8, 4) is 0 Å². The maximum absolute atomic E-state index is 10.8. The molecule has 150 valence electrons. The fraction of sp³-hybridized carbons (Fsp3) is 1.00. The van der Waals surface area contributed by atoms with Crippen LogP contribution in [0.5, 0.6) is 0 Å². The fourth-order valence-corrected chi connectivity index (χ4v) is 3.44. The topological polar surface area (TPSA) is 66.4 Å². The van der Waals surface area contributed by atoms with Gasteiger partial charge in [0, 0.05) is 19.4 Å². The minimum absolute atomic E-state index is 0.154. The summed E-state index contributed by atoms with van der Waals surface area (Å²) in [6, 6.07) is 0. The maximum atomic E-state index is 10.8. The number of methoxy groups -OCH3 is 1. The molecule has 1 N–H and O–H groups in total. The van der Waals surface area contributed by atoms with E-state index >= 15 is 0 Å². The standard InChI is InChI=1S/C17H32O6.C2H6/c1-7-9-16(8-2,19-6)22-13-10-20-17(14(18)12(13)3)11-21-15(4,5)23-17;1-2/h12-14,18H,7-11H2,1-6H3;1-2H3/t12-,13-,14+,16?,17+;/m1./s1. The highest BCUT2D eigenvalue weighted by Crippen LogP contribution is 2.42. The van der Waals surface area contributed by atoms with Crippen LogP contribution in [0, 0.1) is 5.92 Å². The normalized spacial score (nSPS) is 36.6. The first-order valence-corrected chi connectivity index (χ1v) is 9.62. The smallest absolute Gasteiger partial charge is 0.221 e. The van der Waals surface area contributed by atoms with Gasteiger partial charge in [0.15, 0.2) is 11.6 Å². The molecule has 2 aliphatic heterocycles. The molecule has 0 amide bonds. The van der Waals surface area contributed by atoms with Gasteiger partial charge in [-0.1, -0.05) is 41.0 Å². The summed E-state index contributed by atoms with van der Waals surface area (Å²) in [6.45, 7) is 14.3. The van der Waals surface area contributed by atoms with Gasteiger partial charge in [0.25, 0.3) is 0 Å². The van der Waals surface area contributed by atoms with Gasteiger partial charge < -0.3 is 28.8 Å². The first-order chi connectivity index (χ1) is 11.7. The van der Waals surface area contributed by atoms with Crippen LogP contribution >= 0.6 is 0 Å². The molecule has 0 saturated carbocycles. The lowest BCUT2D eigenvalue weighted by atomic mass is 9.89. The Morgan fingerprint density at radius 3 is 2.28 bits per heavy atom. The lowest BCUT2D eigenvalue weighted by Gasteiger charge is -2.46. The number of ether oxygens (including phenoxy) is 5. The van der Waals surface area contributed by atoms with Crippen molar-refractivity contribution >= 4 is 0 Å². The van der Waals surface area contributed by atoms with Crippen LogP contribution in [0.1, 0.15) is 67.7 Å². The Hall–Kier alpha value is -0.240. The molecule has 0 aromatic carbocycles. The van der Waals surface area contributed by atoms with Crippen molar-refractivity contribution < 1.29 is 28.8 Å². The van der Waals surface area contributed by atoms with E-state index < -0.39 is 23.5 Å². The SMILES string of the molecule is CC.CCCC(CC)(OC)O[C@@H]1CO[C@]2(COC(C)(C)O2)[C@@H](O)[C@@H]1C. The Labute approximate surface area is 153 Å². The van der Waals surface area contributed by atoms with Crippen molar-refractivity contribution in [3.05, 3.63) is 0 Å². The van der Waals surface area contributed by atoms with Gasteiger partial charge in [0.1, 0.15) is 12.7 Å². The van der Waals surface area contributed by atoms with Gasteiger partial charge in [-0.15, -0.1) is 0 Å². The van der Waals surface area contributed by atoms with Gasteiger partial charge in [-0.3, -0.25) is 0 Å². The second kappa shape index (κ2) is 9.11. The number of rotatable bonds is 6. The van der Waals surface area contributed by atoms with Crippen molar-refractivity contribution in [1.82, 2.24) is 0 Å². The Kier molecular flexibility index (Phi) is 8.31. The Bertz CT molecular complexity index is 395. The highest BCUT2D eigenvalue weighted by atomic mass is 16.8. The molecule has 2 fully saturated rings. The molecule has 6 heteroatoms. The molecule has 0 aromatic heterocycles. The van der Waals surface area contributed by atoms with Crippen LogP contribution in [0.2, 0.25) is 0 Å². The molecule has 5 atom stereocenters. The number of hydrogen-bond donors (Lipinski definition) is 1. The zero-order valence-corrected chi connectivity index (χ0v) is 17.3. The average molecular weight is 363 g/mol. The van der Waals surface area contributed by atoms with E-state index in [4.69, 9.17) is 23.7 Å². The minimum atomic E-state index is -1.10. The second-order valence-corrected chi connectivity index (χ2v) is 7.09. The van der Waals surface area contributed by atoms with Gasteiger partial charge in [-0.2, -0.15) is 0 Å². The van der Waals surface area contributed by atoms with Crippen molar-refractivity contribution in [1.29, 1.82) is 0 Å². The highest BCUT2D eigenvalue weighted by molar-refractivity contribution is 4.95. The number of aliphatic hydroxyl groups is 1. The minimum Gasteiger partial charge on any atom is -0.387 e. The molecule has 6 nitrogen and oxygen atoms in total. The Morgan fingerprint density at radius 2 is 1.84 bits per heavy atom. The summed E-state index contributed by atoms with van der Waals surface area (Å²) >= 11 is 0. The van der Waals surface area contributed by atoms with E-state index in [1.807, 2.05) is 41.5 Å². The van der Waals surface area contributed by atoms with E-state index in [2.05, 4.69) is 6.92 Å². The molecule has 0 aliphatic carbocycles. The molecule has 2 saturated heterocycles. The molecule has 1 spiro atoms. The van der Waals surface area contributed by atoms with Gasteiger partial charge in [0.05, 0.1) is 12.7 Å². The van der Waals surface area contributed by atoms with Gasteiger partial charge in [0.2, 0.25) is 5.79 Å². The van der Waals surface area contributed by atoms with E-state index in [0.29, 0.717) is 6.61 Å². The predicted molar refractivity (Wildman–Crippen MR) is 96.1 cm³/mol. The third kappa shape index (κ3) is 4.93. The summed E-state index contributed by atoms with van der Waals surface area (Å²) < 4.78 is 29.2. The third-order valence-electron chi connectivity index (χ3n) is 4.97. The molecule has 0 radical (unpaired) electrons. The van der Waals surface area contributed by atoms with E-state index in [0.717, 1.165) is 19.3 Å². The molecule has 0 aromatic rings. The molecule has 2 rings (SSSR count). The summed E-state index contributed by atoms with van der Waals surface area (Å²) in [7, 11) is 1.67. The maximum Gasteiger partial charge on any atom is 0.221 e. The molecule has 2 heterocycles. The van der Waals surface area contributed by atoms with Gasteiger partial charge in [-0.05, 0) is 20.3 Å². The Balaban J connectivity index is 0.00000151. The van der Waals surface area contributed by atoms with Crippen LogP contribution in [0.4, 0.5) is 0 Å². The monoisotopic (exact) mass is 362 g/mol. The zero-order chi connectivity index (χ0) is 19.3. The van der Waals surface area contributed by atoms with Crippen LogP contribution in [0.25, 0.3) is 0 Å². The molecule has 2 aliphatic rings. The molecule has 0 bridgehead atoms. The van der Waals surface area contributed by atoms with Gasteiger partial charge >= 0.3 is 0 Å². The van der Waals surface area contributed by atoms with E-state index in [9.17, 15) is 5.11 Å². The van der Waals surface area contributed by atoms with Crippen molar-refractivity contribution in [2.45, 2.75) is 97.3 Å². The van der Waals surface area contributed by atoms with Crippen LogP contribution in [0.3, 0.4) is 0 Å². The van der Waals surface area contributed by atoms with Crippen LogP contribution in [-0.2, 0) is 23.7 Å². The lowest BCUT2D eigenvalue weighted by molar-refractivity contribution is -0.355. The summed E-state index contributed by atoms with van der Waals surface area (Å²) in [4.78, 5) is 0. The molecule has 25 heavy (non-hydrogen) atoms. The Morgan fingerprint density at radius 1 is 1.20 bits per heavy atom. The summed E-state index contributed by atoms with van der Waals surface area (Å²) in [5, 5.41) is 10.8. The first-order valence-electron chi connectivity index (χ1n) is 9.62. The van der Waals surface area contributed by atoms with Crippen molar-refractivity contribution in [2.75, 3.05) is 20.3 Å². The summed E-state index contributed by atoms with van der Waals surface area (Å²) in [5.74, 6) is -2.64. The van der Waals surface area contributed by atoms with Crippen molar-refractivity contribution in [2.24, 2.45) is 5.92 Å². The molecular formula is C19H38O6. The van der Waals surface area contributed by atoms with Crippen LogP contribution in [-0.4, -0.2) is 55.0 Å². The summed E-state index contributed by atoms with van der Waals surface area (Å²) in [6.07, 6.45) is 1.43. The van der Waals surface area contributed by atoms with Crippen LogP contribution < -0.4 is 0 Å². The highest BCUT2D eigenvalue weighted by Gasteiger charge is 2.57. The van der Waals surface area contributed by atoms with E-state index in [-0.39, 0.29) is 18.6 Å². The lowest BCUT2D eigenvalue weighted by Crippen LogP contribution is -2.61. The first kappa shape index (κ1) is 22.8. The fourth-order valence-electron chi connectivity index (χ4n) is 3.44. The largest absolute Gasteiger partial charge is 0.387 e.